The molecule has 3 aromatic rings. The van der Waals surface area contributed by atoms with E-state index in [2.05, 4.69) is 5.32 Å². The van der Waals surface area contributed by atoms with E-state index in [4.69, 9.17) is 9.05 Å². The Morgan fingerprint density at radius 2 is 1.25 bits per heavy atom. The van der Waals surface area contributed by atoms with E-state index in [0.717, 1.165) is 16.7 Å². The summed E-state index contributed by atoms with van der Waals surface area (Å²) in [6.07, 6.45) is 1.39. The molecule has 0 saturated heterocycles. The number of carboxylic acids is 1. The van der Waals surface area contributed by atoms with E-state index in [1.807, 2.05) is 105 Å². The first-order valence-electron chi connectivity index (χ1n) is 12.3. The molecule has 3 rings (SSSR count). The number of benzene rings is 3. The van der Waals surface area contributed by atoms with Crippen LogP contribution in [0.2, 0.25) is 0 Å². The third-order valence-electron chi connectivity index (χ3n) is 5.84. The number of aliphatic carboxylic acids is 1. The van der Waals surface area contributed by atoms with Gasteiger partial charge in [-0.15, -0.1) is 0 Å². The van der Waals surface area contributed by atoms with Gasteiger partial charge in [-0.1, -0.05) is 105 Å². The second-order valence-corrected chi connectivity index (χ2v) is 11.5. The summed E-state index contributed by atoms with van der Waals surface area (Å²) in [5.41, 5.74) is 2.79. The largest absolute Gasteiger partial charge is 0.480 e. The lowest BCUT2D eigenvalue weighted by molar-refractivity contribution is -0.140. The summed E-state index contributed by atoms with van der Waals surface area (Å²) >= 11 is 0. The quantitative estimate of drug-likeness (QED) is 0.223. The summed E-state index contributed by atoms with van der Waals surface area (Å²) in [7, 11) is -3.81. The van der Waals surface area contributed by atoms with Crippen LogP contribution in [0.3, 0.4) is 0 Å². The van der Waals surface area contributed by atoms with E-state index in [1.54, 1.807) is 0 Å². The van der Waals surface area contributed by atoms with Crippen LogP contribution in [0.4, 0.5) is 0 Å². The van der Waals surface area contributed by atoms with E-state index < -0.39 is 25.4 Å². The van der Waals surface area contributed by atoms with Crippen LogP contribution in [0, 0.1) is 5.92 Å². The highest BCUT2D eigenvalue weighted by atomic mass is 31.2. The third-order valence-corrected chi connectivity index (χ3v) is 7.99. The number of hydrogen-bond acceptors (Lipinski definition) is 5. The van der Waals surface area contributed by atoms with Gasteiger partial charge in [-0.2, -0.15) is 0 Å². The SMILES string of the molecule is CC(C)CC(NC(CCc1ccccc1)P(=O)(OCc1ccccc1)OCc1ccccc1)C(=O)O. The van der Waals surface area contributed by atoms with E-state index in [-0.39, 0.29) is 19.1 Å². The fraction of sp³-hybridized carbons (Fsp3) is 0.345. The summed E-state index contributed by atoms with van der Waals surface area (Å²) < 4.78 is 26.5. The second kappa shape index (κ2) is 14.1. The van der Waals surface area contributed by atoms with Gasteiger partial charge >= 0.3 is 13.6 Å². The Kier molecular flexibility index (Phi) is 10.9. The Balaban J connectivity index is 1.89. The van der Waals surface area contributed by atoms with Crippen molar-refractivity contribution in [1.82, 2.24) is 5.32 Å². The van der Waals surface area contributed by atoms with Crippen molar-refractivity contribution in [2.45, 2.75) is 58.1 Å². The van der Waals surface area contributed by atoms with Gasteiger partial charge < -0.3 is 14.2 Å². The Morgan fingerprint density at radius 1 is 0.806 bits per heavy atom. The number of rotatable bonds is 15. The van der Waals surface area contributed by atoms with Gasteiger partial charge in [-0.3, -0.25) is 14.7 Å². The lowest BCUT2D eigenvalue weighted by atomic mass is 10.0. The van der Waals surface area contributed by atoms with E-state index >= 15 is 0 Å². The minimum atomic E-state index is -3.81. The highest BCUT2D eigenvalue weighted by Crippen LogP contribution is 2.55. The molecule has 0 aliphatic carbocycles. The summed E-state index contributed by atoms with van der Waals surface area (Å²) in [6.45, 7) is 4.12. The molecule has 6 nitrogen and oxygen atoms in total. The maximum absolute atomic E-state index is 14.4. The topological polar surface area (TPSA) is 84.9 Å². The van der Waals surface area contributed by atoms with Crippen LogP contribution >= 0.6 is 7.60 Å². The molecule has 36 heavy (non-hydrogen) atoms. The Labute approximate surface area is 214 Å². The highest BCUT2D eigenvalue weighted by molar-refractivity contribution is 7.54. The smallest absolute Gasteiger partial charge is 0.348 e. The Hall–Kier alpha value is -2.76. The van der Waals surface area contributed by atoms with Crippen LogP contribution in [0.5, 0.6) is 0 Å². The van der Waals surface area contributed by atoms with Crippen LogP contribution < -0.4 is 5.32 Å². The summed E-state index contributed by atoms with van der Waals surface area (Å²) in [6, 6.07) is 27.9. The molecule has 2 unspecified atom stereocenters. The first-order valence-corrected chi connectivity index (χ1v) is 14.0. The molecule has 0 saturated carbocycles. The van der Waals surface area contributed by atoms with Crippen molar-refractivity contribution in [2.24, 2.45) is 5.92 Å². The van der Waals surface area contributed by atoms with Crippen LogP contribution in [0.15, 0.2) is 91.0 Å². The fourth-order valence-corrected chi connectivity index (χ4v) is 5.82. The predicted octanol–water partition coefficient (Wildman–Crippen LogP) is 6.66. The maximum Gasteiger partial charge on any atom is 0.348 e. The number of aryl methyl sites for hydroxylation is 1. The maximum atomic E-state index is 14.4. The predicted molar refractivity (Wildman–Crippen MR) is 143 cm³/mol. The normalized spacial score (nSPS) is 13.4. The van der Waals surface area contributed by atoms with Crippen LogP contribution in [-0.4, -0.2) is 22.9 Å². The van der Waals surface area contributed by atoms with E-state index in [0.29, 0.717) is 19.3 Å². The minimum absolute atomic E-state index is 0.0956. The van der Waals surface area contributed by atoms with Gasteiger partial charge in [0, 0.05) is 0 Å². The van der Waals surface area contributed by atoms with Crippen LogP contribution in [0.25, 0.3) is 0 Å². The Morgan fingerprint density at radius 3 is 1.67 bits per heavy atom. The molecule has 0 aliphatic heterocycles. The first kappa shape index (κ1) is 27.8. The van der Waals surface area contributed by atoms with Gasteiger partial charge in [0.25, 0.3) is 0 Å². The van der Waals surface area contributed by atoms with Crippen molar-refractivity contribution in [3.05, 3.63) is 108 Å². The zero-order chi connectivity index (χ0) is 25.8. The third kappa shape index (κ3) is 9.03. The lowest BCUT2D eigenvalue weighted by Crippen LogP contribution is -2.44. The first-order chi connectivity index (χ1) is 17.4. The number of carboxylic acid groups (broad SMARTS) is 1. The van der Waals surface area contributed by atoms with Gasteiger partial charge in [0.2, 0.25) is 0 Å². The van der Waals surface area contributed by atoms with Crippen LogP contribution in [-0.2, 0) is 38.0 Å². The molecule has 0 heterocycles. The molecule has 0 radical (unpaired) electrons. The second-order valence-electron chi connectivity index (χ2n) is 9.29. The highest BCUT2D eigenvalue weighted by Gasteiger charge is 2.39. The van der Waals surface area contributed by atoms with Crippen molar-refractivity contribution in [2.75, 3.05) is 0 Å². The standard InChI is InChI=1S/C29H36NO5P/c1-23(2)20-27(29(31)32)30-28(19-18-24-12-6-3-7-13-24)36(33,34-21-25-14-8-4-9-15-25)35-22-26-16-10-5-11-17-26/h3-17,23,27-28,30H,18-22H2,1-2H3,(H,31,32). The number of nitrogens with one attached hydrogen (secondary N) is 1. The average Bonchev–Trinajstić information content (AvgIpc) is 2.89. The minimum Gasteiger partial charge on any atom is -0.480 e. The zero-order valence-electron chi connectivity index (χ0n) is 21.0. The molecule has 192 valence electrons. The lowest BCUT2D eigenvalue weighted by Gasteiger charge is -2.31. The van der Waals surface area contributed by atoms with Gasteiger partial charge in [0.1, 0.15) is 11.8 Å². The molecule has 0 fully saturated rings. The van der Waals surface area contributed by atoms with E-state index in [9.17, 15) is 14.5 Å². The molecular formula is C29H36NO5P. The van der Waals surface area contributed by atoms with Crippen molar-refractivity contribution in [3.63, 3.8) is 0 Å². The molecule has 3 aromatic carbocycles. The van der Waals surface area contributed by atoms with Gasteiger partial charge in [0.05, 0.1) is 13.2 Å². The summed E-state index contributed by atoms with van der Waals surface area (Å²) in [4.78, 5) is 12.1. The van der Waals surface area contributed by atoms with Gasteiger partial charge in [-0.05, 0) is 41.9 Å². The number of carbonyl (C=O) groups is 1. The average molecular weight is 510 g/mol. The number of hydrogen-bond donors (Lipinski definition) is 2. The molecule has 0 bridgehead atoms. The molecule has 0 aliphatic rings. The van der Waals surface area contributed by atoms with E-state index in [1.165, 1.54) is 0 Å². The van der Waals surface area contributed by atoms with Crippen molar-refractivity contribution in [1.29, 1.82) is 0 Å². The summed E-state index contributed by atoms with van der Waals surface area (Å²) in [5.74, 6) is -1.64. The van der Waals surface area contributed by atoms with Gasteiger partial charge in [0.15, 0.2) is 0 Å². The zero-order valence-corrected chi connectivity index (χ0v) is 21.8. The van der Waals surface area contributed by atoms with Gasteiger partial charge in [-0.25, -0.2) is 0 Å². The summed E-state index contributed by atoms with van der Waals surface area (Å²) in [5, 5.41) is 13.1. The molecule has 0 spiro atoms. The molecular weight excluding hydrogens is 473 g/mol. The molecule has 2 N–H and O–H groups in total. The monoisotopic (exact) mass is 509 g/mol. The van der Waals surface area contributed by atoms with Crippen molar-refractivity contribution >= 4 is 13.6 Å². The molecule has 7 heteroatoms. The fourth-order valence-electron chi connectivity index (χ4n) is 3.92. The molecule has 2 atom stereocenters. The van der Waals surface area contributed by atoms with Crippen LogP contribution in [0.1, 0.15) is 43.4 Å². The molecule has 0 aromatic heterocycles. The van der Waals surface area contributed by atoms with Crippen molar-refractivity contribution in [3.8, 4) is 0 Å². The van der Waals surface area contributed by atoms with Crippen molar-refractivity contribution < 1.29 is 23.5 Å². The molecule has 0 amide bonds. The Bertz CT molecular complexity index is 1040.